The number of hydrogen-bond acceptors (Lipinski definition) is 5. The molecule has 0 saturated heterocycles. The number of benzene rings is 1. The van der Waals surface area contributed by atoms with Crippen molar-refractivity contribution in [2.24, 2.45) is 0 Å². The normalized spacial score (nSPS) is 11.8. The molecule has 0 aliphatic heterocycles. The quantitative estimate of drug-likeness (QED) is 0.909. The van der Waals surface area contributed by atoms with E-state index in [2.05, 4.69) is 20.8 Å². The standard InChI is InChI=1S/C12H13FN4O2S/c1-7(9-5-8(13)3-4-10(9)19-2)15-11(18)16-12-17-14-6-20-12/h3-7H,1-2H3,(H2,15,16,17,18). The molecule has 1 aromatic carbocycles. The van der Waals surface area contributed by atoms with Crippen LogP contribution in [-0.2, 0) is 0 Å². The summed E-state index contributed by atoms with van der Waals surface area (Å²) in [4.78, 5) is 11.8. The van der Waals surface area contributed by atoms with Crippen LogP contribution in [0.2, 0.25) is 0 Å². The van der Waals surface area contributed by atoms with Crippen LogP contribution in [0.5, 0.6) is 5.75 Å². The van der Waals surface area contributed by atoms with E-state index in [-0.39, 0.29) is 5.82 Å². The average molecular weight is 296 g/mol. The van der Waals surface area contributed by atoms with Crippen molar-refractivity contribution < 1.29 is 13.9 Å². The first kappa shape index (κ1) is 14.2. The van der Waals surface area contributed by atoms with Crippen molar-refractivity contribution in [3.8, 4) is 5.75 Å². The van der Waals surface area contributed by atoms with E-state index in [4.69, 9.17) is 4.74 Å². The number of methoxy groups -OCH3 is 1. The fraction of sp³-hybridized carbons (Fsp3) is 0.250. The molecule has 1 heterocycles. The van der Waals surface area contributed by atoms with Gasteiger partial charge in [-0.05, 0) is 25.1 Å². The molecule has 6 nitrogen and oxygen atoms in total. The predicted molar refractivity (Wildman–Crippen MR) is 73.4 cm³/mol. The molecule has 0 fully saturated rings. The van der Waals surface area contributed by atoms with Crippen LogP contribution < -0.4 is 15.4 Å². The van der Waals surface area contributed by atoms with E-state index in [1.54, 1.807) is 6.92 Å². The summed E-state index contributed by atoms with van der Waals surface area (Å²) in [5.74, 6) is 0.120. The summed E-state index contributed by atoms with van der Waals surface area (Å²) >= 11 is 1.21. The third kappa shape index (κ3) is 3.41. The van der Waals surface area contributed by atoms with Crippen LogP contribution in [0.25, 0.3) is 0 Å². The number of anilines is 1. The lowest BCUT2D eigenvalue weighted by molar-refractivity contribution is 0.249. The summed E-state index contributed by atoms with van der Waals surface area (Å²) in [6.07, 6.45) is 0. The lowest BCUT2D eigenvalue weighted by atomic mass is 10.1. The Morgan fingerprint density at radius 3 is 2.95 bits per heavy atom. The molecule has 1 aromatic heterocycles. The zero-order valence-corrected chi connectivity index (χ0v) is 11.7. The van der Waals surface area contributed by atoms with Crippen molar-refractivity contribution in [2.75, 3.05) is 12.4 Å². The highest BCUT2D eigenvalue weighted by atomic mass is 32.1. The molecular weight excluding hydrogens is 283 g/mol. The highest BCUT2D eigenvalue weighted by molar-refractivity contribution is 7.13. The predicted octanol–water partition coefficient (Wildman–Crippen LogP) is 2.57. The van der Waals surface area contributed by atoms with E-state index in [0.29, 0.717) is 16.4 Å². The monoisotopic (exact) mass is 296 g/mol. The molecule has 8 heteroatoms. The maximum absolute atomic E-state index is 13.3. The number of hydrogen-bond donors (Lipinski definition) is 2. The van der Waals surface area contributed by atoms with Gasteiger partial charge in [0.15, 0.2) is 0 Å². The number of ether oxygens (including phenoxy) is 1. The number of carbonyl (C=O) groups is 1. The van der Waals surface area contributed by atoms with Gasteiger partial charge in [0.25, 0.3) is 0 Å². The Morgan fingerprint density at radius 2 is 2.30 bits per heavy atom. The molecular formula is C12H13FN4O2S. The number of halogens is 1. The van der Waals surface area contributed by atoms with Crippen LogP contribution in [0.1, 0.15) is 18.5 Å². The first-order valence-corrected chi connectivity index (χ1v) is 6.65. The van der Waals surface area contributed by atoms with Crippen LogP contribution in [0, 0.1) is 5.82 Å². The molecule has 0 radical (unpaired) electrons. The van der Waals surface area contributed by atoms with Crippen molar-refractivity contribution >= 4 is 22.5 Å². The van der Waals surface area contributed by atoms with Gasteiger partial charge in [-0.3, -0.25) is 5.32 Å². The van der Waals surface area contributed by atoms with Gasteiger partial charge in [-0.25, -0.2) is 9.18 Å². The number of nitrogens with one attached hydrogen (secondary N) is 2. The molecule has 0 aliphatic rings. The molecule has 1 unspecified atom stereocenters. The molecule has 20 heavy (non-hydrogen) atoms. The van der Waals surface area contributed by atoms with Crippen molar-refractivity contribution in [3.05, 3.63) is 35.1 Å². The molecule has 0 bridgehead atoms. The fourth-order valence-corrected chi connectivity index (χ4v) is 2.12. The number of urea groups is 1. The van der Waals surface area contributed by atoms with Gasteiger partial charge in [0.05, 0.1) is 13.2 Å². The lowest BCUT2D eigenvalue weighted by Gasteiger charge is -2.17. The van der Waals surface area contributed by atoms with Crippen LogP contribution >= 0.6 is 11.3 Å². The van der Waals surface area contributed by atoms with Gasteiger partial charge in [0, 0.05) is 5.56 Å². The molecule has 106 valence electrons. The number of amides is 2. The number of nitrogens with zero attached hydrogens (tertiary/aromatic N) is 2. The van der Waals surface area contributed by atoms with Gasteiger partial charge >= 0.3 is 6.03 Å². The largest absolute Gasteiger partial charge is 0.496 e. The molecule has 2 rings (SSSR count). The van der Waals surface area contributed by atoms with E-state index in [1.165, 1.54) is 42.2 Å². The first-order valence-electron chi connectivity index (χ1n) is 5.77. The van der Waals surface area contributed by atoms with Crippen LogP contribution in [-0.4, -0.2) is 23.3 Å². The molecule has 0 saturated carbocycles. The van der Waals surface area contributed by atoms with Gasteiger partial charge in [-0.1, -0.05) is 11.3 Å². The Morgan fingerprint density at radius 1 is 1.50 bits per heavy atom. The molecule has 1 atom stereocenters. The third-order valence-electron chi connectivity index (χ3n) is 2.59. The average Bonchev–Trinajstić information content (AvgIpc) is 2.91. The maximum atomic E-state index is 13.3. The van der Waals surface area contributed by atoms with E-state index in [0.717, 1.165) is 0 Å². The molecule has 2 amide bonds. The van der Waals surface area contributed by atoms with Gasteiger partial charge in [-0.15, -0.1) is 10.2 Å². The van der Waals surface area contributed by atoms with E-state index >= 15 is 0 Å². The maximum Gasteiger partial charge on any atom is 0.321 e. The minimum atomic E-state index is -0.444. The van der Waals surface area contributed by atoms with Crippen LogP contribution in [0.15, 0.2) is 23.7 Å². The highest BCUT2D eigenvalue weighted by Crippen LogP contribution is 2.25. The van der Waals surface area contributed by atoms with Crippen molar-refractivity contribution in [3.63, 3.8) is 0 Å². The molecule has 2 aromatic rings. The second-order valence-electron chi connectivity index (χ2n) is 3.95. The van der Waals surface area contributed by atoms with E-state index < -0.39 is 12.1 Å². The van der Waals surface area contributed by atoms with Gasteiger partial charge < -0.3 is 10.1 Å². The highest BCUT2D eigenvalue weighted by Gasteiger charge is 2.15. The second kappa shape index (κ2) is 6.29. The number of aromatic nitrogens is 2. The molecule has 0 spiro atoms. The van der Waals surface area contributed by atoms with Crippen molar-refractivity contribution in [1.82, 2.24) is 15.5 Å². The zero-order chi connectivity index (χ0) is 14.5. The minimum absolute atomic E-state index is 0.390. The summed E-state index contributed by atoms with van der Waals surface area (Å²) in [5, 5.41) is 12.9. The lowest BCUT2D eigenvalue weighted by Crippen LogP contribution is -2.31. The Hall–Kier alpha value is -2.22. The third-order valence-corrected chi connectivity index (χ3v) is 3.19. The van der Waals surface area contributed by atoms with E-state index in [9.17, 15) is 9.18 Å². The Bertz CT molecular complexity index is 591. The number of carbonyl (C=O) groups excluding carboxylic acids is 1. The van der Waals surface area contributed by atoms with Crippen LogP contribution in [0.4, 0.5) is 14.3 Å². The zero-order valence-electron chi connectivity index (χ0n) is 10.9. The molecule has 0 aliphatic carbocycles. The van der Waals surface area contributed by atoms with Gasteiger partial charge in [0.1, 0.15) is 17.1 Å². The topological polar surface area (TPSA) is 76.1 Å². The first-order chi connectivity index (χ1) is 9.60. The summed E-state index contributed by atoms with van der Waals surface area (Å²) < 4.78 is 18.4. The minimum Gasteiger partial charge on any atom is -0.496 e. The van der Waals surface area contributed by atoms with Crippen molar-refractivity contribution in [2.45, 2.75) is 13.0 Å². The Kier molecular flexibility index (Phi) is 4.46. The molecule has 2 N–H and O–H groups in total. The number of rotatable bonds is 4. The summed E-state index contributed by atoms with van der Waals surface area (Å²) in [7, 11) is 1.49. The second-order valence-corrected chi connectivity index (χ2v) is 4.78. The Balaban J connectivity index is 2.06. The van der Waals surface area contributed by atoms with Crippen molar-refractivity contribution in [1.29, 1.82) is 0 Å². The van der Waals surface area contributed by atoms with E-state index in [1.807, 2.05) is 0 Å². The van der Waals surface area contributed by atoms with Gasteiger partial charge in [-0.2, -0.15) is 0 Å². The Labute approximate surface area is 119 Å². The summed E-state index contributed by atoms with van der Waals surface area (Å²) in [5.41, 5.74) is 2.06. The van der Waals surface area contributed by atoms with Crippen LogP contribution in [0.3, 0.4) is 0 Å². The fourth-order valence-electron chi connectivity index (χ4n) is 1.68. The van der Waals surface area contributed by atoms with Gasteiger partial charge in [0.2, 0.25) is 5.13 Å². The summed E-state index contributed by atoms with van der Waals surface area (Å²) in [6, 6.07) is 3.28. The SMILES string of the molecule is COc1ccc(F)cc1C(C)NC(=O)Nc1nncs1. The summed E-state index contributed by atoms with van der Waals surface area (Å²) in [6.45, 7) is 1.73. The smallest absolute Gasteiger partial charge is 0.321 e.